The third-order valence-electron chi connectivity index (χ3n) is 4.40. The Hall–Kier alpha value is -1.81. The molecule has 6 N–H and O–H groups in total. The Morgan fingerprint density at radius 1 is 0.964 bits per heavy atom. The molecule has 28 heavy (non-hydrogen) atoms. The van der Waals surface area contributed by atoms with Crippen LogP contribution in [0.1, 0.15) is 47.5 Å². The number of amides is 3. The number of thiol groups is 1. The van der Waals surface area contributed by atoms with Gasteiger partial charge in [-0.1, -0.05) is 34.1 Å². The molecular formula is C18H34N4O5S. The van der Waals surface area contributed by atoms with E-state index in [1.54, 1.807) is 0 Å². The number of nitrogens with one attached hydrogen (secondary N) is 3. The quantitative estimate of drug-likeness (QED) is 0.244. The van der Waals surface area contributed by atoms with E-state index in [-0.39, 0.29) is 17.6 Å². The minimum absolute atomic E-state index is 0.0823. The van der Waals surface area contributed by atoms with Crippen molar-refractivity contribution in [1.29, 1.82) is 0 Å². The van der Waals surface area contributed by atoms with Gasteiger partial charge in [-0.25, -0.2) is 4.79 Å². The Labute approximate surface area is 172 Å². The standard InChI is InChI=1S/C18H34N4O5S/c1-6-10(4)14(22-16(24)12(19)7-9(2)3)17(25)20-11(5)15(23)21-13(8-28)18(26)27/h9-14,28H,6-8,19H2,1-5H3,(H,20,25)(H,21,23)(H,22,24)(H,26,27). The highest BCUT2D eigenvalue weighted by molar-refractivity contribution is 7.80. The normalized spacial score (nSPS) is 16.4. The summed E-state index contributed by atoms with van der Waals surface area (Å²) in [6, 6.07) is -3.73. The average molecular weight is 419 g/mol. The Morgan fingerprint density at radius 2 is 1.54 bits per heavy atom. The molecule has 0 fully saturated rings. The molecule has 0 spiro atoms. The van der Waals surface area contributed by atoms with Crippen molar-refractivity contribution in [3.05, 3.63) is 0 Å². The van der Waals surface area contributed by atoms with Gasteiger partial charge < -0.3 is 26.8 Å². The fraction of sp³-hybridized carbons (Fsp3) is 0.778. The summed E-state index contributed by atoms with van der Waals surface area (Å²) in [5.74, 6) is -2.86. The molecule has 0 bridgehead atoms. The first-order chi connectivity index (χ1) is 12.9. The minimum Gasteiger partial charge on any atom is -0.480 e. The van der Waals surface area contributed by atoms with Crippen molar-refractivity contribution in [3.8, 4) is 0 Å². The molecule has 10 heteroatoms. The van der Waals surface area contributed by atoms with Crippen LogP contribution in [0.3, 0.4) is 0 Å². The first-order valence-corrected chi connectivity index (χ1v) is 10.1. The van der Waals surface area contributed by atoms with Gasteiger partial charge in [-0.2, -0.15) is 12.6 Å². The zero-order chi connectivity index (χ0) is 22.0. The van der Waals surface area contributed by atoms with Gasteiger partial charge in [0.1, 0.15) is 18.1 Å². The second-order valence-corrected chi connectivity index (χ2v) is 7.79. The smallest absolute Gasteiger partial charge is 0.327 e. The zero-order valence-corrected chi connectivity index (χ0v) is 18.1. The summed E-state index contributed by atoms with van der Waals surface area (Å²) in [6.45, 7) is 9.02. The maximum Gasteiger partial charge on any atom is 0.327 e. The molecular weight excluding hydrogens is 384 g/mol. The molecule has 0 radical (unpaired) electrons. The number of carbonyl (C=O) groups is 4. The minimum atomic E-state index is -1.22. The molecule has 0 saturated heterocycles. The highest BCUT2D eigenvalue weighted by Crippen LogP contribution is 2.10. The maximum atomic E-state index is 12.6. The molecule has 0 aliphatic heterocycles. The van der Waals surface area contributed by atoms with Gasteiger partial charge in [-0.3, -0.25) is 14.4 Å². The highest BCUT2D eigenvalue weighted by atomic mass is 32.1. The monoisotopic (exact) mass is 418 g/mol. The number of carboxylic acid groups (broad SMARTS) is 1. The van der Waals surface area contributed by atoms with Crippen LogP contribution in [0.25, 0.3) is 0 Å². The summed E-state index contributed by atoms with van der Waals surface area (Å²) in [6.07, 6.45) is 1.11. The summed E-state index contributed by atoms with van der Waals surface area (Å²) in [5, 5.41) is 16.5. The van der Waals surface area contributed by atoms with E-state index in [2.05, 4.69) is 28.6 Å². The van der Waals surface area contributed by atoms with Crippen molar-refractivity contribution in [2.24, 2.45) is 17.6 Å². The van der Waals surface area contributed by atoms with Gasteiger partial charge in [0.25, 0.3) is 0 Å². The molecule has 0 heterocycles. The fourth-order valence-corrected chi connectivity index (χ4v) is 2.68. The van der Waals surface area contributed by atoms with E-state index < -0.39 is 47.9 Å². The van der Waals surface area contributed by atoms with Gasteiger partial charge in [0.05, 0.1) is 6.04 Å². The predicted octanol–water partition coefficient (Wildman–Crippen LogP) is -0.105. The zero-order valence-electron chi connectivity index (χ0n) is 17.2. The summed E-state index contributed by atoms with van der Waals surface area (Å²) in [4.78, 5) is 48.1. The molecule has 162 valence electrons. The second-order valence-electron chi connectivity index (χ2n) is 7.42. The molecule has 0 rings (SSSR count). The largest absolute Gasteiger partial charge is 0.480 e. The van der Waals surface area contributed by atoms with E-state index >= 15 is 0 Å². The average Bonchev–Trinajstić information content (AvgIpc) is 2.61. The van der Waals surface area contributed by atoms with Crippen LogP contribution >= 0.6 is 12.6 Å². The van der Waals surface area contributed by atoms with Gasteiger partial charge >= 0.3 is 5.97 Å². The first-order valence-electron chi connectivity index (χ1n) is 9.44. The molecule has 0 aromatic carbocycles. The van der Waals surface area contributed by atoms with Gasteiger partial charge in [0, 0.05) is 5.75 Å². The van der Waals surface area contributed by atoms with Crippen molar-refractivity contribution in [2.45, 2.75) is 71.6 Å². The molecule has 0 aromatic rings. The Bertz CT molecular complexity index is 558. The molecule has 3 amide bonds. The lowest BCUT2D eigenvalue weighted by Gasteiger charge is -2.27. The van der Waals surface area contributed by atoms with E-state index in [9.17, 15) is 19.2 Å². The highest BCUT2D eigenvalue weighted by Gasteiger charge is 2.30. The lowest BCUT2D eigenvalue weighted by atomic mass is 9.96. The van der Waals surface area contributed by atoms with Crippen LogP contribution in [0.15, 0.2) is 0 Å². The molecule has 0 aliphatic rings. The lowest BCUT2D eigenvalue weighted by Crippen LogP contribution is -2.58. The van der Waals surface area contributed by atoms with Crippen molar-refractivity contribution >= 4 is 36.3 Å². The summed E-state index contributed by atoms with van der Waals surface area (Å²) >= 11 is 3.88. The lowest BCUT2D eigenvalue weighted by molar-refractivity contribution is -0.141. The maximum absolute atomic E-state index is 12.6. The Morgan fingerprint density at radius 3 is 1.96 bits per heavy atom. The second kappa shape index (κ2) is 12.6. The predicted molar refractivity (Wildman–Crippen MR) is 110 cm³/mol. The number of hydrogen-bond acceptors (Lipinski definition) is 6. The number of carboxylic acids is 1. The van der Waals surface area contributed by atoms with Crippen LogP contribution in [0.4, 0.5) is 0 Å². The van der Waals surface area contributed by atoms with Crippen molar-refractivity contribution in [3.63, 3.8) is 0 Å². The number of hydrogen-bond donors (Lipinski definition) is 6. The molecule has 0 aliphatic carbocycles. The molecule has 5 atom stereocenters. The van der Waals surface area contributed by atoms with Crippen LogP contribution in [-0.4, -0.2) is 58.7 Å². The van der Waals surface area contributed by atoms with Gasteiger partial charge in [0.15, 0.2) is 0 Å². The van der Waals surface area contributed by atoms with Crippen molar-refractivity contribution in [2.75, 3.05) is 5.75 Å². The number of carbonyl (C=O) groups excluding carboxylic acids is 3. The fourth-order valence-electron chi connectivity index (χ4n) is 2.43. The van der Waals surface area contributed by atoms with Crippen molar-refractivity contribution in [1.82, 2.24) is 16.0 Å². The van der Waals surface area contributed by atoms with E-state index in [0.29, 0.717) is 12.8 Å². The molecule has 5 unspecified atom stereocenters. The third-order valence-corrected chi connectivity index (χ3v) is 4.77. The topological polar surface area (TPSA) is 151 Å². The number of nitrogens with two attached hydrogens (primary N) is 1. The van der Waals surface area contributed by atoms with E-state index in [0.717, 1.165) is 0 Å². The van der Waals surface area contributed by atoms with Crippen LogP contribution in [-0.2, 0) is 19.2 Å². The van der Waals surface area contributed by atoms with Gasteiger partial charge in [0.2, 0.25) is 17.7 Å². The number of aliphatic carboxylic acids is 1. The first kappa shape index (κ1) is 26.2. The van der Waals surface area contributed by atoms with Gasteiger partial charge in [-0.05, 0) is 25.2 Å². The third kappa shape index (κ3) is 8.92. The van der Waals surface area contributed by atoms with Crippen LogP contribution in [0.5, 0.6) is 0 Å². The van der Waals surface area contributed by atoms with E-state index in [1.807, 2.05) is 27.7 Å². The molecule has 0 saturated carbocycles. The Balaban J connectivity index is 5.04. The Kier molecular flexibility index (Phi) is 11.8. The molecule has 9 nitrogen and oxygen atoms in total. The van der Waals surface area contributed by atoms with E-state index in [1.165, 1.54) is 6.92 Å². The van der Waals surface area contributed by atoms with Crippen LogP contribution < -0.4 is 21.7 Å². The molecule has 0 aromatic heterocycles. The van der Waals surface area contributed by atoms with Crippen LogP contribution in [0, 0.1) is 11.8 Å². The SMILES string of the molecule is CCC(C)C(NC(=O)C(N)CC(C)C)C(=O)NC(C)C(=O)NC(CS)C(=O)O. The number of rotatable bonds is 12. The van der Waals surface area contributed by atoms with Crippen LogP contribution in [0.2, 0.25) is 0 Å². The van der Waals surface area contributed by atoms with Gasteiger partial charge in [-0.15, -0.1) is 0 Å². The summed E-state index contributed by atoms with van der Waals surface area (Å²) in [7, 11) is 0. The summed E-state index contributed by atoms with van der Waals surface area (Å²) in [5.41, 5.74) is 5.89. The van der Waals surface area contributed by atoms with Crippen molar-refractivity contribution < 1.29 is 24.3 Å². The summed E-state index contributed by atoms with van der Waals surface area (Å²) < 4.78 is 0. The van der Waals surface area contributed by atoms with E-state index in [4.69, 9.17) is 10.8 Å².